The second-order valence-corrected chi connectivity index (χ2v) is 3.32. The van der Waals surface area contributed by atoms with Gasteiger partial charge in [-0.05, 0) is 24.5 Å². The monoisotopic (exact) mass is 202 g/mol. The molecule has 0 radical (unpaired) electrons. The van der Waals surface area contributed by atoms with Crippen LogP contribution in [0.2, 0.25) is 0 Å². The molecule has 0 aliphatic rings. The average molecular weight is 202 g/mol. The highest BCUT2D eigenvalue weighted by Gasteiger charge is 2.10. The van der Waals surface area contributed by atoms with Gasteiger partial charge < -0.3 is 0 Å². The summed E-state index contributed by atoms with van der Waals surface area (Å²) in [5, 5.41) is 0. The summed E-state index contributed by atoms with van der Waals surface area (Å²) in [7, 11) is 0. The Morgan fingerprint density at radius 2 is 1.79 bits per heavy atom. The fraction of sp³-hybridized carbons (Fsp3) is 0.455. The van der Waals surface area contributed by atoms with E-state index in [0.29, 0.717) is 12.5 Å². The Hall–Kier alpha value is -0.990. The Balaban J connectivity index is 2.75. The second-order valence-electron chi connectivity index (χ2n) is 3.32. The Labute approximate surface area is 81.8 Å². The predicted molar refractivity (Wildman–Crippen MR) is 49.5 cm³/mol. The Bertz CT molecular complexity index is 308. The molecule has 0 aliphatic carbocycles. The third kappa shape index (κ3) is 2.76. The molecule has 0 heterocycles. The van der Waals surface area contributed by atoms with Gasteiger partial charge in [-0.1, -0.05) is 19.8 Å². The maximum absolute atomic E-state index is 13.1. The van der Waals surface area contributed by atoms with E-state index in [0.717, 1.165) is 25.3 Å². The lowest BCUT2D eigenvalue weighted by atomic mass is 10.1. The molecule has 3 heteroatoms. The van der Waals surface area contributed by atoms with Crippen LogP contribution in [0.5, 0.6) is 0 Å². The van der Waals surface area contributed by atoms with Gasteiger partial charge in [0.15, 0.2) is 11.6 Å². The molecule has 0 saturated heterocycles. The van der Waals surface area contributed by atoms with E-state index in [1.165, 1.54) is 0 Å². The van der Waals surface area contributed by atoms with Crippen molar-refractivity contribution < 1.29 is 13.2 Å². The van der Waals surface area contributed by atoms with Crippen molar-refractivity contribution in [2.24, 2.45) is 0 Å². The first-order chi connectivity index (χ1) is 6.65. The lowest BCUT2D eigenvalue weighted by molar-refractivity contribution is 0.482. The Morgan fingerprint density at radius 3 is 2.43 bits per heavy atom. The molecule has 0 unspecified atom stereocenters. The van der Waals surface area contributed by atoms with E-state index in [2.05, 4.69) is 0 Å². The fourth-order valence-corrected chi connectivity index (χ4v) is 1.36. The van der Waals surface area contributed by atoms with E-state index in [4.69, 9.17) is 0 Å². The van der Waals surface area contributed by atoms with Crippen molar-refractivity contribution in [3.63, 3.8) is 0 Å². The van der Waals surface area contributed by atoms with Gasteiger partial charge in [0, 0.05) is 6.07 Å². The van der Waals surface area contributed by atoms with Crippen LogP contribution in [0.3, 0.4) is 0 Å². The standard InChI is InChI=1S/C11H13F3/c1-2-3-4-5-8-6-9(12)7-10(13)11(8)14/h6-7H,2-5H2,1H3. The van der Waals surface area contributed by atoms with Gasteiger partial charge >= 0.3 is 0 Å². The molecule has 0 atom stereocenters. The van der Waals surface area contributed by atoms with Gasteiger partial charge in [0.05, 0.1) is 0 Å². The molecule has 0 fully saturated rings. The molecule has 0 nitrogen and oxygen atoms in total. The molecule has 0 N–H and O–H groups in total. The minimum Gasteiger partial charge on any atom is -0.207 e. The molecule has 0 aromatic heterocycles. The quantitative estimate of drug-likeness (QED) is 0.514. The molecule has 0 aliphatic heterocycles. The van der Waals surface area contributed by atoms with Crippen molar-refractivity contribution in [2.75, 3.05) is 0 Å². The Kier molecular flexibility index (Phi) is 3.98. The third-order valence-electron chi connectivity index (χ3n) is 2.12. The van der Waals surface area contributed by atoms with Crippen molar-refractivity contribution in [3.05, 3.63) is 35.1 Å². The van der Waals surface area contributed by atoms with Crippen LogP contribution in [0.15, 0.2) is 12.1 Å². The molecule has 1 aromatic carbocycles. The van der Waals surface area contributed by atoms with Crippen LogP contribution < -0.4 is 0 Å². The fourth-order valence-electron chi connectivity index (χ4n) is 1.36. The second kappa shape index (κ2) is 5.03. The van der Waals surface area contributed by atoms with E-state index < -0.39 is 17.5 Å². The van der Waals surface area contributed by atoms with Crippen molar-refractivity contribution in [1.82, 2.24) is 0 Å². The van der Waals surface area contributed by atoms with Crippen LogP contribution in [-0.2, 0) is 6.42 Å². The molecular weight excluding hydrogens is 189 g/mol. The van der Waals surface area contributed by atoms with Crippen LogP contribution in [0.1, 0.15) is 31.7 Å². The number of halogens is 3. The minimum atomic E-state index is -1.10. The van der Waals surface area contributed by atoms with E-state index >= 15 is 0 Å². The maximum Gasteiger partial charge on any atom is 0.162 e. The largest absolute Gasteiger partial charge is 0.207 e. The highest BCUT2D eigenvalue weighted by molar-refractivity contribution is 5.20. The number of hydrogen-bond donors (Lipinski definition) is 0. The summed E-state index contributed by atoms with van der Waals surface area (Å²) in [5.41, 5.74) is 0.135. The topological polar surface area (TPSA) is 0 Å². The summed E-state index contributed by atoms with van der Waals surface area (Å²) in [6, 6.07) is 1.63. The summed E-state index contributed by atoms with van der Waals surface area (Å²) in [5.74, 6) is -2.73. The number of benzene rings is 1. The predicted octanol–water partition coefficient (Wildman–Crippen LogP) is 3.84. The summed E-state index contributed by atoms with van der Waals surface area (Å²) >= 11 is 0. The zero-order valence-electron chi connectivity index (χ0n) is 8.12. The van der Waals surface area contributed by atoms with E-state index in [-0.39, 0.29) is 5.56 Å². The van der Waals surface area contributed by atoms with Gasteiger partial charge in [-0.15, -0.1) is 0 Å². The molecule has 0 bridgehead atoms. The molecule has 78 valence electrons. The first-order valence-electron chi connectivity index (χ1n) is 4.78. The summed E-state index contributed by atoms with van der Waals surface area (Å²) in [6.45, 7) is 2.02. The highest BCUT2D eigenvalue weighted by Crippen LogP contribution is 2.16. The molecular formula is C11H13F3. The maximum atomic E-state index is 13.1. The smallest absolute Gasteiger partial charge is 0.162 e. The van der Waals surface area contributed by atoms with E-state index in [1.807, 2.05) is 6.92 Å². The van der Waals surface area contributed by atoms with Crippen LogP contribution >= 0.6 is 0 Å². The van der Waals surface area contributed by atoms with Crippen molar-refractivity contribution in [3.8, 4) is 0 Å². The molecule has 1 rings (SSSR count). The Morgan fingerprint density at radius 1 is 1.07 bits per heavy atom. The first kappa shape index (κ1) is 11.1. The normalized spacial score (nSPS) is 10.6. The average Bonchev–Trinajstić information content (AvgIpc) is 2.13. The van der Waals surface area contributed by atoms with Crippen LogP contribution in [0.4, 0.5) is 13.2 Å². The summed E-state index contributed by atoms with van der Waals surface area (Å²) in [6.07, 6.45) is 3.10. The SMILES string of the molecule is CCCCCc1cc(F)cc(F)c1F. The zero-order valence-corrected chi connectivity index (χ0v) is 8.12. The van der Waals surface area contributed by atoms with Crippen molar-refractivity contribution in [2.45, 2.75) is 32.6 Å². The van der Waals surface area contributed by atoms with Crippen molar-refractivity contribution in [1.29, 1.82) is 0 Å². The van der Waals surface area contributed by atoms with Crippen LogP contribution in [0.25, 0.3) is 0 Å². The molecule has 0 saturated carbocycles. The van der Waals surface area contributed by atoms with Crippen LogP contribution in [-0.4, -0.2) is 0 Å². The number of unbranched alkanes of at least 4 members (excludes halogenated alkanes) is 2. The number of aryl methyl sites for hydroxylation is 1. The lowest BCUT2D eigenvalue weighted by Gasteiger charge is -2.03. The summed E-state index contributed by atoms with van der Waals surface area (Å²) < 4.78 is 38.5. The number of rotatable bonds is 4. The van der Waals surface area contributed by atoms with E-state index in [9.17, 15) is 13.2 Å². The molecule has 0 amide bonds. The first-order valence-corrected chi connectivity index (χ1v) is 4.78. The van der Waals surface area contributed by atoms with Gasteiger partial charge in [0.1, 0.15) is 5.82 Å². The van der Waals surface area contributed by atoms with Gasteiger partial charge in [-0.2, -0.15) is 0 Å². The molecule has 14 heavy (non-hydrogen) atoms. The number of hydrogen-bond acceptors (Lipinski definition) is 0. The third-order valence-corrected chi connectivity index (χ3v) is 2.12. The van der Waals surface area contributed by atoms with E-state index in [1.54, 1.807) is 0 Å². The molecule has 1 aromatic rings. The summed E-state index contributed by atoms with van der Waals surface area (Å²) in [4.78, 5) is 0. The van der Waals surface area contributed by atoms with Gasteiger partial charge in [0.2, 0.25) is 0 Å². The van der Waals surface area contributed by atoms with Crippen molar-refractivity contribution >= 4 is 0 Å². The van der Waals surface area contributed by atoms with Crippen LogP contribution in [0, 0.1) is 17.5 Å². The minimum absolute atomic E-state index is 0.135. The molecule has 0 spiro atoms. The highest BCUT2D eigenvalue weighted by atomic mass is 19.2. The zero-order chi connectivity index (χ0) is 10.6. The van der Waals surface area contributed by atoms with Gasteiger partial charge in [-0.3, -0.25) is 0 Å². The lowest BCUT2D eigenvalue weighted by Crippen LogP contribution is -1.96. The van der Waals surface area contributed by atoms with Gasteiger partial charge in [-0.25, -0.2) is 13.2 Å². The van der Waals surface area contributed by atoms with Gasteiger partial charge in [0.25, 0.3) is 0 Å².